The molecule has 3 aromatic rings. The Morgan fingerprint density at radius 3 is 2.65 bits per heavy atom. The van der Waals surface area contributed by atoms with Gasteiger partial charge in [-0.05, 0) is 6.07 Å². The first-order valence-electron chi connectivity index (χ1n) is 6.86. The van der Waals surface area contributed by atoms with Gasteiger partial charge in [0.15, 0.2) is 17.4 Å². The molecule has 0 fully saturated rings. The lowest BCUT2D eigenvalue weighted by Gasteiger charge is -2.11. The minimum atomic E-state index is -4.26. The molecule has 1 aromatic carbocycles. The van der Waals surface area contributed by atoms with Gasteiger partial charge >= 0.3 is 0 Å². The molecule has 0 aliphatic rings. The molecule has 0 saturated heterocycles. The van der Waals surface area contributed by atoms with Gasteiger partial charge in [0.25, 0.3) is 16.4 Å². The standard InChI is InChI=1S/C14H9ClF4N2O3S2/c15-12-1-6-11(4-20-14(6)25-12)26(22,23)21-9-2-8(17)10(3-7(9)16)24-5-13(18)19/h1-4,13,20-21H,5H2. The largest absolute Gasteiger partial charge is 0.484 e. The molecule has 0 radical (unpaired) electrons. The number of aromatic nitrogens is 1. The molecule has 2 aromatic heterocycles. The molecule has 0 aliphatic carbocycles. The highest BCUT2D eigenvalue weighted by molar-refractivity contribution is 7.93. The topological polar surface area (TPSA) is 71.2 Å². The van der Waals surface area contributed by atoms with Crippen molar-refractivity contribution < 1.29 is 30.7 Å². The number of anilines is 1. The van der Waals surface area contributed by atoms with Crippen molar-refractivity contribution in [3.05, 3.63) is 40.4 Å². The molecule has 12 heteroatoms. The molecule has 0 aliphatic heterocycles. The smallest absolute Gasteiger partial charge is 0.272 e. The Kier molecular flexibility index (Phi) is 5.04. The number of thiophene rings is 1. The fourth-order valence-corrected chi connectivity index (χ4v) is 4.55. The molecular formula is C14H9ClF4N2O3S2. The molecule has 3 rings (SSSR count). The Hall–Kier alpha value is -1.98. The highest BCUT2D eigenvalue weighted by Crippen LogP contribution is 2.34. The number of benzene rings is 1. The average molecular weight is 429 g/mol. The van der Waals surface area contributed by atoms with Gasteiger partial charge in [-0.1, -0.05) is 11.6 Å². The van der Waals surface area contributed by atoms with Crippen molar-refractivity contribution in [3.63, 3.8) is 0 Å². The second-order valence-corrected chi connectivity index (χ2v) is 8.35. The zero-order valence-electron chi connectivity index (χ0n) is 12.5. The Labute approximate surface area is 153 Å². The number of sulfonamides is 1. The van der Waals surface area contributed by atoms with E-state index in [1.807, 2.05) is 4.72 Å². The Morgan fingerprint density at radius 1 is 1.23 bits per heavy atom. The maximum absolute atomic E-state index is 14.1. The van der Waals surface area contributed by atoms with Crippen molar-refractivity contribution in [3.8, 4) is 5.75 Å². The summed E-state index contributed by atoms with van der Waals surface area (Å²) in [5.74, 6) is -3.13. The van der Waals surface area contributed by atoms with Gasteiger partial charge < -0.3 is 9.72 Å². The van der Waals surface area contributed by atoms with E-state index in [1.165, 1.54) is 12.3 Å². The molecule has 2 heterocycles. The second-order valence-electron chi connectivity index (χ2n) is 5.02. The third-order valence-corrected chi connectivity index (χ3v) is 5.82. The van der Waals surface area contributed by atoms with Crippen LogP contribution in [0.15, 0.2) is 29.3 Å². The predicted octanol–water partition coefficient (Wildman–Crippen LogP) is 4.61. The first kappa shape index (κ1) is 18.8. The van der Waals surface area contributed by atoms with E-state index in [-0.39, 0.29) is 4.90 Å². The normalized spacial score (nSPS) is 12.1. The number of fused-ring (bicyclic) bond motifs is 1. The minimum Gasteiger partial charge on any atom is -0.484 e. The third-order valence-electron chi connectivity index (χ3n) is 3.22. The van der Waals surface area contributed by atoms with E-state index in [2.05, 4.69) is 9.72 Å². The van der Waals surface area contributed by atoms with Gasteiger partial charge in [-0.15, -0.1) is 11.3 Å². The SMILES string of the molecule is O=S(=O)(Nc1cc(F)c(OCC(F)F)cc1F)c1c[nH]c2sc(Cl)cc12. The summed E-state index contributed by atoms with van der Waals surface area (Å²) in [6.07, 6.45) is -1.68. The molecule has 0 atom stereocenters. The summed E-state index contributed by atoms with van der Waals surface area (Å²) in [5, 5.41) is 0.297. The molecule has 26 heavy (non-hydrogen) atoms. The number of alkyl halides is 2. The second kappa shape index (κ2) is 6.97. The van der Waals surface area contributed by atoms with E-state index < -0.39 is 46.1 Å². The predicted molar refractivity (Wildman–Crippen MR) is 89.9 cm³/mol. The Morgan fingerprint density at radius 2 is 1.96 bits per heavy atom. The fraction of sp³-hybridized carbons (Fsp3) is 0.143. The lowest BCUT2D eigenvalue weighted by molar-refractivity contribution is 0.0797. The molecule has 2 N–H and O–H groups in total. The van der Waals surface area contributed by atoms with Crippen LogP contribution < -0.4 is 9.46 Å². The molecule has 0 saturated carbocycles. The Bertz CT molecular complexity index is 1070. The van der Waals surface area contributed by atoms with Crippen molar-refractivity contribution in [2.75, 3.05) is 11.3 Å². The zero-order chi connectivity index (χ0) is 19.1. The summed E-state index contributed by atoms with van der Waals surface area (Å²) in [7, 11) is -4.26. The quantitative estimate of drug-likeness (QED) is 0.563. The van der Waals surface area contributed by atoms with Crippen LogP contribution in [0.25, 0.3) is 10.2 Å². The van der Waals surface area contributed by atoms with Crippen LogP contribution in [0.5, 0.6) is 5.75 Å². The number of H-pyrrole nitrogens is 1. The summed E-state index contributed by atoms with van der Waals surface area (Å²) >= 11 is 6.94. The van der Waals surface area contributed by atoms with E-state index in [1.54, 1.807) is 0 Å². The molecule has 0 unspecified atom stereocenters. The van der Waals surface area contributed by atoms with Crippen LogP contribution >= 0.6 is 22.9 Å². The first-order valence-corrected chi connectivity index (χ1v) is 9.54. The molecule has 0 amide bonds. The summed E-state index contributed by atoms with van der Waals surface area (Å²) in [5.41, 5.74) is -0.692. The van der Waals surface area contributed by atoms with Crippen LogP contribution in [0.1, 0.15) is 0 Å². The highest BCUT2D eigenvalue weighted by Gasteiger charge is 2.23. The van der Waals surface area contributed by atoms with Crippen molar-refractivity contribution >= 4 is 48.9 Å². The van der Waals surface area contributed by atoms with Crippen molar-refractivity contribution in [2.45, 2.75) is 11.3 Å². The van der Waals surface area contributed by atoms with E-state index in [4.69, 9.17) is 11.6 Å². The van der Waals surface area contributed by atoms with Gasteiger partial charge in [-0.2, -0.15) is 0 Å². The summed E-state index contributed by atoms with van der Waals surface area (Å²) < 4.78 is 83.7. The molecule has 140 valence electrons. The van der Waals surface area contributed by atoms with Gasteiger partial charge in [-0.25, -0.2) is 26.0 Å². The van der Waals surface area contributed by atoms with Crippen LogP contribution in [0.4, 0.5) is 23.2 Å². The van der Waals surface area contributed by atoms with Crippen molar-refractivity contribution in [2.24, 2.45) is 0 Å². The van der Waals surface area contributed by atoms with E-state index >= 15 is 0 Å². The van der Waals surface area contributed by atoms with Crippen LogP contribution in [-0.4, -0.2) is 26.4 Å². The van der Waals surface area contributed by atoms with Gasteiger partial charge in [0.05, 0.1) is 10.0 Å². The van der Waals surface area contributed by atoms with Crippen LogP contribution in [0.3, 0.4) is 0 Å². The van der Waals surface area contributed by atoms with E-state index in [0.29, 0.717) is 26.7 Å². The lowest BCUT2D eigenvalue weighted by atomic mass is 10.3. The fourth-order valence-electron chi connectivity index (χ4n) is 2.15. The van der Waals surface area contributed by atoms with Crippen molar-refractivity contribution in [1.82, 2.24) is 4.98 Å². The van der Waals surface area contributed by atoms with Crippen molar-refractivity contribution in [1.29, 1.82) is 0 Å². The van der Waals surface area contributed by atoms with Gasteiger partial charge in [0, 0.05) is 23.7 Å². The number of aromatic amines is 1. The van der Waals surface area contributed by atoms with E-state index in [0.717, 1.165) is 11.3 Å². The number of nitrogens with one attached hydrogen (secondary N) is 2. The van der Waals surface area contributed by atoms with Crippen LogP contribution in [0, 0.1) is 11.6 Å². The zero-order valence-corrected chi connectivity index (χ0v) is 14.9. The summed E-state index contributed by atoms with van der Waals surface area (Å²) in [6.45, 7) is -1.12. The first-order chi connectivity index (χ1) is 12.2. The third kappa shape index (κ3) is 3.74. The number of ether oxygens (including phenoxy) is 1. The molecule has 0 bridgehead atoms. The van der Waals surface area contributed by atoms with E-state index in [9.17, 15) is 26.0 Å². The number of halogens is 5. The number of hydrogen-bond donors (Lipinski definition) is 2. The summed E-state index contributed by atoms with van der Waals surface area (Å²) in [4.78, 5) is 3.02. The molecule has 5 nitrogen and oxygen atoms in total. The maximum Gasteiger partial charge on any atom is 0.272 e. The maximum atomic E-state index is 14.1. The van der Waals surface area contributed by atoms with Gasteiger partial charge in [-0.3, -0.25) is 4.72 Å². The Balaban J connectivity index is 1.91. The lowest BCUT2D eigenvalue weighted by Crippen LogP contribution is -2.14. The van der Waals surface area contributed by atoms with Gasteiger partial charge in [0.1, 0.15) is 16.3 Å². The summed E-state index contributed by atoms with van der Waals surface area (Å²) in [6, 6.07) is 2.42. The van der Waals surface area contributed by atoms with Crippen LogP contribution in [-0.2, 0) is 10.0 Å². The monoisotopic (exact) mass is 428 g/mol. The average Bonchev–Trinajstić information content (AvgIpc) is 3.07. The van der Waals surface area contributed by atoms with Crippen LogP contribution in [0.2, 0.25) is 4.34 Å². The number of hydrogen-bond acceptors (Lipinski definition) is 4. The minimum absolute atomic E-state index is 0.200. The number of rotatable bonds is 6. The van der Waals surface area contributed by atoms with Gasteiger partial charge in [0.2, 0.25) is 0 Å². The molecular weight excluding hydrogens is 420 g/mol. The highest BCUT2D eigenvalue weighted by atomic mass is 35.5. The molecule has 0 spiro atoms.